The minimum absolute atomic E-state index is 0.385. The van der Waals surface area contributed by atoms with Crippen LogP contribution in [0, 0.1) is 18.3 Å². The van der Waals surface area contributed by atoms with Crippen LogP contribution in [-0.4, -0.2) is 17.0 Å². The SMILES string of the molecule is Cc1cc(C#N)nc(N(C)c2ccccc2)n1. The van der Waals surface area contributed by atoms with Crippen molar-refractivity contribution in [2.45, 2.75) is 6.92 Å². The van der Waals surface area contributed by atoms with Gasteiger partial charge in [0.1, 0.15) is 11.8 Å². The molecule has 0 aliphatic carbocycles. The van der Waals surface area contributed by atoms with Gasteiger partial charge in [0.25, 0.3) is 0 Å². The summed E-state index contributed by atoms with van der Waals surface area (Å²) >= 11 is 0. The highest BCUT2D eigenvalue weighted by Crippen LogP contribution is 2.19. The van der Waals surface area contributed by atoms with Gasteiger partial charge >= 0.3 is 0 Å². The van der Waals surface area contributed by atoms with Gasteiger partial charge in [-0.15, -0.1) is 0 Å². The van der Waals surface area contributed by atoms with E-state index in [1.807, 2.05) is 55.3 Å². The van der Waals surface area contributed by atoms with Crippen LogP contribution in [-0.2, 0) is 0 Å². The van der Waals surface area contributed by atoms with Gasteiger partial charge in [0, 0.05) is 18.4 Å². The summed E-state index contributed by atoms with van der Waals surface area (Å²) in [6, 6.07) is 13.5. The topological polar surface area (TPSA) is 52.8 Å². The fourth-order valence-corrected chi connectivity index (χ4v) is 1.53. The lowest BCUT2D eigenvalue weighted by molar-refractivity contribution is 1.00. The molecule has 17 heavy (non-hydrogen) atoms. The van der Waals surface area contributed by atoms with E-state index in [0.29, 0.717) is 11.6 Å². The summed E-state index contributed by atoms with van der Waals surface area (Å²) in [5, 5.41) is 8.88. The van der Waals surface area contributed by atoms with Gasteiger partial charge in [-0.1, -0.05) is 18.2 Å². The predicted molar refractivity (Wildman–Crippen MR) is 66.0 cm³/mol. The van der Waals surface area contributed by atoms with E-state index in [4.69, 9.17) is 5.26 Å². The Morgan fingerprint density at radius 2 is 1.88 bits per heavy atom. The molecule has 0 aliphatic heterocycles. The van der Waals surface area contributed by atoms with E-state index >= 15 is 0 Å². The van der Waals surface area contributed by atoms with Crippen LogP contribution in [0.4, 0.5) is 11.6 Å². The lowest BCUT2D eigenvalue weighted by Gasteiger charge is -2.17. The third-order valence-corrected chi connectivity index (χ3v) is 2.40. The third-order valence-electron chi connectivity index (χ3n) is 2.40. The van der Waals surface area contributed by atoms with Crippen molar-refractivity contribution in [2.24, 2.45) is 0 Å². The van der Waals surface area contributed by atoms with Crippen LogP contribution < -0.4 is 4.90 Å². The quantitative estimate of drug-likeness (QED) is 0.786. The highest BCUT2D eigenvalue weighted by molar-refractivity contribution is 5.56. The van der Waals surface area contributed by atoms with Gasteiger partial charge in [-0.3, -0.25) is 0 Å². The Balaban J connectivity index is 2.41. The summed E-state index contributed by atoms with van der Waals surface area (Å²) in [7, 11) is 1.88. The normalized spacial score (nSPS) is 9.71. The second-order valence-corrected chi connectivity index (χ2v) is 3.70. The summed E-state index contributed by atoms with van der Waals surface area (Å²) < 4.78 is 0. The van der Waals surface area contributed by atoms with E-state index in [2.05, 4.69) is 9.97 Å². The zero-order valence-electron chi connectivity index (χ0n) is 9.75. The molecule has 1 aromatic heterocycles. The Hall–Kier alpha value is -2.41. The molecule has 0 aliphatic rings. The molecule has 0 bridgehead atoms. The van der Waals surface area contributed by atoms with Gasteiger partial charge in [0.05, 0.1) is 0 Å². The summed E-state index contributed by atoms with van der Waals surface area (Å²) in [6.45, 7) is 1.85. The average Bonchev–Trinajstić information content (AvgIpc) is 2.38. The van der Waals surface area contributed by atoms with E-state index in [1.54, 1.807) is 6.07 Å². The maximum absolute atomic E-state index is 8.88. The summed E-state index contributed by atoms with van der Waals surface area (Å²) in [5.74, 6) is 0.535. The number of nitriles is 1. The fourth-order valence-electron chi connectivity index (χ4n) is 1.53. The largest absolute Gasteiger partial charge is 0.314 e. The molecular weight excluding hydrogens is 212 g/mol. The Kier molecular flexibility index (Phi) is 3.01. The number of para-hydroxylation sites is 1. The van der Waals surface area contributed by atoms with Gasteiger partial charge in [-0.2, -0.15) is 5.26 Å². The second-order valence-electron chi connectivity index (χ2n) is 3.70. The average molecular weight is 224 g/mol. The van der Waals surface area contributed by atoms with Crippen molar-refractivity contribution in [3.05, 3.63) is 47.8 Å². The number of nitrogens with zero attached hydrogens (tertiary/aromatic N) is 4. The van der Waals surface area contributed by atoms with Crippen LogP contribution in [0.25, 0.3) is 0 Å². The number of hydrogen-bond donors (Lipinski definition) is 0. The summed E-state index contributed by atoms with van der Waals surface area (Å²) in [6.07, 6.45) is 0. The van der Waals surface area contributed by atoms with Crippen molar-refractivity contribution >= 4 is 11.6 Å². The summed E-state index contributed by atoms with van der Waals surface area (Å²) in [5.41, 5.74) is 2.16. The second kappa shape index (κ2) is 4.62. The molecule has 2 aromatic rings. The summed E-state index contributed by atoms with van der Waals surface area (Å²) in [4.78, 5) is 10.4. The van der Waals surface area contributed by atoms with E-state index < -0.39 is 0 Å². The molecule has 4 heteroatoms. The van der Waals surface area contributed by atoms with Crippen molar-refractivity contribution in [3.8, 4) is 6.07 Å². The molecule has 0 N–H and O–H groups in total. The molecule has 0 fully saturated rings. The maximum Gasteiger partial charge on any atom is 0.231 e. The van der Waals surface area contributed by atoms with Gasteiger partial charge in [0.2, 0.25) is 5.95 Å². The van der Waals surface area contributed by atoms with Crippen LogP contribution in [0.3, 0.4) is 0 Å². The van der Waals surface area contributed by atoms with Crippen LogP contribution >= 0.6 is 0 Å². The number of hydrogen-bond acceptors (Lipinski definition) is 4. The molecule has 0 atom stereocenters. The number of anilines is 2. The number of aryl methyl sites for hydroxylation is 1. The van der Waals surface area contributed by atoms with E-state index in [-0.39, 0.29) is 0 Å². The molecule has 2 rings (SSSR count). The van der Waals surface area contributed by atoms with Gasteiger partial charge in [-0.25, -0.2) is 9.97 Å². The zero-order chi connectivity index (χ0) is 12.3. The minimum Gasteiger partial charge on any atom is -0.314 e. The first-order valence-corrected chi connectivity index (χ1v) is 5.25. The van der Waals surface area contributed by atoms with Crippen LogP contribution in [0.1, 0.15) is 11.4 Å². The van der Waals surface area contributed by atoms with Gasteiger partial charge in [-0.05, 0) is 25.1 Å². The van der Waals surface area contributed by atoms with Crippen LogP contribution in [0.5, 0.6) is 0 Å². The molecule has 0 radical (unpaired) electrons. The van der Waals surface area contributed by atoms with E-state index in [0.717, 1.165) is 11.4 Å². The molecule has 1 aromatic carbocycles. The fraction of sp³-hybridized carbons (Fsp3) is 0.154. The molecule has 0 saturated heterocycles. The minimum atomic E-state index is 0.385. The van der Waals surface area contributed by atoms with Crippen molar-refractivity contribution in [2.75, 3.05) is 11.9 Å². The first-order chi connectivity index (χ1) is 8.20. The zero-order valence-corrected chi connectivity index (χ0v) is 9.75. The van der Waals surface area contributed by atoms with E-state index in [9.17, 15) is 0 Å². The van der Waals surface area contributed by atoms with Crippen LogP contribution in [0.15, 0.2) is 36.4 Å². The molecular formula is C13H12N4. The van der Waals surface area contributed by atoms with Crippen molar-refractivity contribution in [1.82, 2.24) is 9.97 Å². The lowest BCUT2D eigenvalue weighted by Crippen LogP contribution is -2.14. The van der Waals surface area contributed by atoms with E-state index in [1.165, 1.54) is 0 Å². The van der Waals surface area contributed by atoms with Crippen molar-refractivity contribution in [1.29, 1.82) is 5.26 Å². The molecule has 0 spiro atoms. The van der Waals surface area contributed by atoms with Gasteiger partial charge < -0.3 is 4.90 Å². The smallest absolute Gasteiger partial charge is 0.231 e. The molecule has 1 heterocycles. The standard InChI is InChI=1S/C13H12N4/c1-10-8-11(9-14)16-13(15-10)17(2)12-6-4-3-5-7-12/h3-8H,1-2H3. The Morgan fingerprint density at radius 3 is 2.53 bits per heavy atom. The number of benzene rings is 1. The highest BCUT2D eigenvalue weighted by Gasteiger charge is 2.08. The molecule has 0 saturated carbocycles. The third kappa shape index (κ3) is 2.40. The van der Waals surface area contributed by atoms with Crippen LogP contribution in [0.2, 0.25) is 0 Å². The van der Waals surface area contributed by atoms with Crippen molar-refractivity contribution < 1.29 is 0 Å². The Bertz CT molecular complexity index is 557. The molecule has 0 amide bonds. The number of aromatic nitrogens is 2. The monoisotopic (exact) mass is 224 g/mol. The molecule has 4 nitrogen and oxygen atoms in total. The molecule has 0 unspecified atom stereocenters. The lowest BCUT2D eigenvalue weighted by atomic mass is 10.3. The highest BCUT2D eigenvalue weighted by atomic mass is 15.2. The van der Waals surface area contributed by atoms with Crippen molar-refractivity contribution in [3.63, 3.8) is 0 Å². The predicted octanol–water partition coefficient (Wildman–Crippen LogP) is 2.42. The number of rotatable bonds is 2. The first-order valence-electron chi connectivity index (χ1n) is 5.25. The first kappa shape index (κ1) is 11.1. The molecule has 84 valence electrons. The Morgan fingerprint density at radius 1 is 1.18 bits per heavy atom. The Labute approximate surface area is 100 Å². The van der Waals surface area contributed by atoms with Gasteiger partial charge in [0.15, 0.2) is 0 Å². The maximum atomic E-state index is 8.88.